The Labute approximate surface area is 142 Å². The molecule has 3 rings (SSSR count). The maximum atomic E-state index is 12.4. The third-order valence-electron chi connectivity index (χ3n) is 3.75. The summed E-state index contributed by atoms with van der Waals surface area (Å²) in [5.41, 5.74) is 1.37. The molecule has 0 unspecified atom stereocenters. The van der Waals surface area contributed by atoms with Crippen LogP contribution < -0.4 is 10.9 Å². The lowest BCUT2D eigenvalue weighted by atomic mass is 10.0. The van der Waals surface area contributed by atoms with E-state index in [2.05, 4.69) is 10.3 Å². The van der Waals surface area contributed by atoms with E-state index in [1.807, 2.05) is 19.1 Å². The van der Waals surface area contributed by atoms with Crippen LogP contribution in [0.25, 0.3) is 10.8 Å². The van der Waals surface area contributed by atoms with Crippen LogP contribution in [0.5, 0.6) is 0 Å². The Morgan fingerprint density at radius 1 is 1.21 bits per heavy atom. The molecule has 0 aliphatic rings. The molecular formula is C18H14ClN3O2. The van der Waals surface area contributed by atoms with E-state index in [0.29, 0.717) is 22.0 Å². The van der Waals surface area contributed by atoms with Gasteiger partial charge in [0.2, 0.25) is 0 Å². The van der Waals surface area contributed by atoms with Crippen LogP contribution in [0.1, 0.15) is 11.1 Å². The number of rotatable bonds is 3. The van der Waals surface area contributed by atoms with Gasteiger partial charge < -0.3 is 10.3 Å². The summed E-state index contributed by atoms with van der Waals surface area (Å²) in [4.78, 5) is 26.7. The second kappa shape index (κ2) is 6.29. The summed E-state index contributed by atoms with van der Waals surface area (Å²) < 4.78 is 0. The highest BCUT2D eigenvalue weighted by Crippen LogP contribution is 2.26. The van der Waals surface area contributed by atoms with Gasteiger partial charge in [-0.1, -0.05) is 35.9 Å². The number of halogens is 1. The number of fused-ring (bicyclic) bond motifs is 1. The molecule has 0 atom stereocenters. The molecule has 0 aliphatic carbocycles. The van der Waals surface area contributed by atoms with Crippen molar-refractivity contribution >= 4 is 39.7 Å². The Hall–Kier alpha value is -2.92. The summed E-state index contributed by atoms with van der Waals surface area (Å²) >= 11 is 6.16. The molecule has 0 spiro atoms. The van der Waals surface area contributed by atoms with Gasteiger partial charge in [-0.2, -0.15) is 0 Å². The Kier molecular flexibility index (Phi) is 4.18. The molecule has 1 amide bonds. The van der Waals surface area contributed by atoms with E-state index in [9.17, 15) is 9.59 Å². The first-order chi connectivity index (χ1) is 11.5. The maximum Gasteiger partial charge on any atom is 0.274 e. The number of pyridine rings is 1. The first kappa shape index (κ1) is 16.0. The first-order valence-corrected chi connectivity index (χ1v) is 7.62. The van der Waals surface area contributed by atoms with Crippen LogP contribution in [-0.4, -0.2) is 16.6 Å². The van der Waals surface area contributed by atoms with Crippen LogP contribution in [0.15, 0.2) is 53.5 Å². The van der Waals surface area contributed by atoms with Crippen molar-refractivity contribution in [1.82, 2.24) is 4.98 Å². The van der Waals surface area contributed by atoms with Gasteiger partial charge in [-0.15, -0.1) is 0 Å². The molecule has 0 fully saturated rings. The van der Waals surface area contributed by atoms with E-state index in [1.165, 1.54) is 12.3 Å². The molecular weight excluding hydrogens is 326 g/mol. The van der Waals surface area contributed by atoms with Crippen LogP contribution in [0.4, 0.5) is 5.69 Å². The van der Waals surface area contributed by atoms with Gasteiger partial charge in [-0.05, 0) is 36.1 Å². The second-order valence-corrected chi connectivity index (χ2v) is 5.78. The fraction of sp³-hybridized carbons (Fsp3) is 0.0556. The van der Waals surface area contributed by atoms with E-state index >= 15 is 0 Å². The van der Waals surface area contributed by atoms with Gasteiger partial charge in [0.1, 0.15) is 5.71 Å². The molecule has 6 heteroatoms. The number of amides is 1. The van der Waals surface area contributed by atoms with Gasteiger partial charge in [0.05, 0.1) is 10.7 Å². The van der Waals surface area contributed by atoms with Crippen molar-refractivity contribution < 1.29 is 4.79 Å². The smallest absolute Gasteiger partial charge is 0.274 e. The summed E-state index contributed by atoms with van der Waals surface area (Å²) in [6, 6.07) is 12.0. The predicted octanol–water partition coefficient (Wildman–Crippen LogP) is 3.50. The van der Waals surface area contributed by atoms with Crippen LogP contribution in [-0.2, 0) is 4.79 Å². The van der Waals surface area contributed by atoms with Gasteiger partial charge in [-0.3, -0.25) is 15.0 Å². The largest absolute Gasteiger partial charge is 0.329 e. The molecule has 2 aromatic carbocycles. The number of aromatic nitrogens is 1. The fourth-order valence-electron chi connectivity index (χ4n) is 2.47. The standard InChI is InChI=1S/C18H14ClN3O2/c1-10-4-2-3-5-12(10)16(20)18(24)22-15-8-11-6-7-21-17(23)13(11)9-14(15)19/h2-9,20H,1H3,(H,21,23)(H,22,24). The first-order valence-electron chi connectivity index (χ1n) is 7.24. The molecule has 0 bridgehead atoms. The number of anilines is 1. The van der Waals surface area contributed by atoms with E-state index in [4.69, 9.17) is 17.0 Å². The molecule has 0 radical (unpaired) electrons. The molecule has 1 aromatic heterocycles. The monoisotopic (exact) mass is 339 g/mol. The summed E-state index contributed by atoms with van der Waals surface area (Å²) in [6.45, 7) is 1.84. The molecule has 0 saturated carbocycles. The van der Waals surface area contributed by atoms with Gasteiger partial charge in [0, 0.05) is 17.1 Å². The zero-order chi connectivity index (χ0) is 17.3. The zero-order valence-electron chi connectivity index (χ0n) is 12.8. The highest BCUT2D eigenvalue weighted by molar-refractivity contribution is 6.48. The lowest BCUT2D eigenvalue weighted by Crippen LogP contribution is -2.23. The number of hydrogen-bond donors (Lipinski definition) is 3. The van der Waals surface area contributed by atoms with Crippen molar-refractivity contribution in [2.24, 2.45) is 0 Å². The molecule has 5 nitrogen and oxygen atoms in total. The molecule has 120 valence electrons. The quantitative estimate of drug-likeness (QED) is 0.638. The number of carbonyl (C=O) groups excluding carboxylic acids is 1. The van der Waals surface area contributed by atoms with E-state index < -0.39 is 5.91 Å². The fourth-order valence-corrected chi connectivity index (χ4v) is 2.68. The molecule has 3 N–H and O–H groups in total. The molecule has 1 heterocycles. The number of hydrogen-bond acceptors (Lipinski definition) is 3. The lowest BCUT2D eigenvalue weighted by molar-refractivity contribution is -0.110. The Morgan fingerprint density at radius 3 is 2.71 bits per heavy atom. The molecule has 24 heavy (non-hydrogen) atoms. The third kappa shape index (κ3) is 2.94. The predicted molar refractivity (Wildman–Crippen MR) is 96.2 cm³/mol. The van der Waals surface area contributed by atoms with Crippen molar-refractivity contribution in [2.45, 2.75) is 6.92 Å². The number of H-pyrrole nitrogens is 1. The topological polar surface area (TPSA) is 85.8 Å². The minimum Gasteiger partial charge on any atom is -0.329 e. The highest BCUT2D eigenvalue weighted by atomic mass is 35.5. The number of carbonyl (C=O) groups is 1. The van der Waals surface area contributed by atoms with Crippen LogP contribution in [0, 0.1) is 12.3 Å². The summed E-state index contributed by atoms with van der Waals surface area (Å²) in [5, 5.41) is 12.1. The molecule has 0 aliphatic heterocycles. The van der Waals surface area contributed by atoms with E-state index in [1.54, 1.807) is 24.3 Å². The molecule has 3 aromatic rings. The number of aromatic amines is 1. The van der Waals surface area contributed by atoms with Crippen molar-refractivity contribution in [2.75, 3.05) is 5.32 Å². The van der Waals surface area contributed by atoms with E-state index in [0.717, 1.165) is 5.56 Å². The van der Waals surface area contributed by atoms with E-state index in [-0.39, 0.29) is 16.3 Å². The van der Waals surface area contributed by atoms with Crippen molar-refractivity contribution in [1.29, 1.82) is 5.41 Å². The Bertz CT molecular complexity index is 1020. The van der Waals surface area contributed by atoms with Gasteiger partial charge >= 0.3 is 0 Å². The number of benzene rings is 2. The molecule has 0 saturated heterocycles. The Morgan fingerprint density at radius 2 is 1.96 bits per heavy atom. The van der Waals surface area contributed by atoms with Gasteiger partial charge in [0.25, 0.3) is 11.5 Å². The zero-order valence-corrected chi connectivity index (χ0v) is 13.6. The van der Waals surface area contributed by atoms with Crippen molar-refractivity contribution in [3.05, 3.63) is 75.2 Å². The maximum absolute atomic E-state index is 12.4. The van der Waals surface area contributed by atoms with Crippen LogP contribution in [0.2, 0.25) is 5.02 Å². The Balaban J connectivity index is 1.93. The summed E-state index contributed by atoms with van der Waals surface area (Å²) in [6.07, 6.45) is 1.53. The van der Waals surface area contributed by atoms with Gasteiger partial charge in [0.15, 0.2) is 0 Å². The van der Waals surface area contributed by atoms with Crippen molar-refractivity contribution in [3.63, 3.8) is 0 Å². The average molecular weight is 340 g/mol. The number of aryl methyl sites for hydroxylation is 1. The number of nitrogens with one attached hydrogen (secondary N) is 3. The van der Waals surface area contributed by atoms with Gasteiger partial charge in [-0.25, -0.2) is 0 Å². The summed E-state index contributed by atoms with van der Waals surface area (Å²) in [7, 11) is 0. The third-order valence-corrected chi connectivity index (χ3v) is 4.06. The average Bonchev–Trinajstić information content (AvgIpc) is 2.56. The normalized spacial score (nSPS) is 10.6. The lowest BCUT2D eigenvalue weighted by Gasteiger charge is -2.11. The summed E-state index contributed by atoms with van der Waals surface area (Å²) in [5.74, 6) is -0.560. The minimum absolute atomic E-state index is 0.143. The highest BCUT2D eigenvalue weighted by Gasteiger charge is 2.16. The van der Waals surface area contributed by atoms with Crippen LogP contribution >= 0.6 is 11.6 Å². The van der Waals surface area contributed by atoms with Crippen molar-refractivity contribution in [3.8, 4) is 0 Å². The second-order valence-electron chi connectivity index (χ2n) is 5.37. The minimum atomic E-state index is -0.560. The SMILES string of the molecule is Cc1ccccc1C(=N)C(=O)Nc1cc2cc[nH]c(=O)c2cc1Cl. The van der Waals surface area contributed by atoms with Crippen LogP contribution in [0.3, 0.4) is 0 Å².